The van der Waals surface area contributed by atoms with Crippen LogP contribution in [0.2, 0.25) is 0 Å². The van der Waals surface area contributed by atoms with Gasteiger partial charge in [0.05, 0.1) is 59.5 Å². The van der Waals surface area contributed by atoms with E-state index >= 15 is 0 Å². The average Bonchev–Trinajstić information content (AvgIpc) is 3.20. The number of nitrogens with zero attached hydrogens (tertiary/aromatic N) is 2. The third-order valence-electron chi connectivity index (χ3n) is 4.70. The third-order valence-corrected chi connectivity index (χ3v) is 4.70. The summed E-state index contributed by atoms with van der Waals surface area (Å²) in [4.78, 5) is 12.4. The number of rotatable bonds is 8. The molecule has 4 rings (SSSR count). The molecule has 2 N–H and O–H groups in total. The first kappa shape index (κ1) is 22.5. The molecule has 0 unspecified atom stereocenters. The van der Waals surface area contributed by atoms with Gasteiger partial charge in [-0.25, -0.2) is 4.98 Å². The monoisotopic (exact) mass is 442 g/mol. The van der Waals surface area contributed by atoms with Crippen molar-refractivity contribution < 1.29 is 14.2 Å². The predicted molar refractivity (Wildman–Crippen MR) is 127 cm³/mol. The molecule has 2 aromatic carbocycles. The molecule has 0 radical (unpaired) electrons. The summed E-state index contributed by atoms with van der Waals surface area (Å²) >= 11 is 0. The van der Waals surface area contributed by atoms with Crippen molar-refractivity contribution in [2.24, 2.45) is 0 Å². The van der Waals surface area contributed by atoms with Gasteiger partial charge in [0.1, 0.15) is 5.75 Å². The Kier molecular flexibility index (Phi) is 7.07. The predicted octanol–water partition coefficient (Wildman–Crippen LogP) is 5.78. The van der Waals surface area contributed by atoms with E-state index in [4.69, 9.17) is 14.2 Å². The Labute approximate surface area is 187 Å². The van der Waals surface area contributed by atoms with Crippen LogP contribution < -0.4 is 19.5 Å². The first-order valence-corrected chi connectivity index (χ1v) is 10.2. The number of hydrogen-bond acceptors (Lipinski definition) is 6. The molecule has 0 saturated heterocycles. The first-order valence-electron chi connectivity index (χ1n) is 10.2. The van der Waals surface area contributed by atoms with Gasteiger partial charge in [0.15, 0.2) is 11.5 Å². The molecular weight excluding hydrogens is 416 g/mol. The number of pyridine rings is 1. The van der Waals surface area contributed by atoms with Crippen molar-refractivity contribution in [2.75, 3.05) is 25.1 Å². The summed E-state index contributed by atoms with van der Waals surface area (Å²) in [6, 6.07) is 9.81. The molecule has 0 bridgehead atoms. The Morgan fingerprint density at radius 1 is 0.871 bits per heavy atom. The van der Waals surface area contributed by atoms with Gasteiger partial charge in [0, 0.05) is 17.8 Å². The maximum Gasteiger partial charge on any atom is 0.164 e. The lowest BCUT2D eigenvalue weighted by Crippen LogP contribution is -2.04. The van der Waals surface area contributed by atoms with Crippen LogP contribution in [-0.2, 0) is 0 Å². The highest BCUT2D eigenvalue weighted by Crippen LogP contribution is 2.41. The van der Waals surface area contributed by atoms with Crippen LogP contribution in [0.3, 0.4) is 0 Å². The summed E-state index contributed by atoms with van der Waals surface area (Å²) < 4.78 is 17.5. The fourth-order valence-corrected chi connectivity index (χ4v) is 3.55. The number of ether oxygens (including phenoxy) is 3. The Hall–Kier alpha value is -3.19. The topological polar surface area (TPSA) is 81.3 Å². The van der Waals surface area contributed by atoms with Crippen molar-refractivity contribution in [1.29, 1.82) is 0 Å². The molecule has 0 aliphatic heterocycles. The van der Waals surface area contributed by atoms with Crippen molar-refractivity contribution in [2.45, 2.75) is 27.7 Å². The molecule has 8 heteroatoms. The van der Waals surface area contributed by atoms with Crippen LogP contribution in [0, 0.1) is 6.92 Å². The number of H-pyrrole nitrogens is 1. The first-order chi connectivity index (χ1) is 14.6. The van der Waals surface area contributed by atoms with Crippen LogP contribution in [0.15, 0.2) is 36.7 Å². The number of fused-ring (bicyclic) bond motifs is 3. The molecule has 0 atom stereocenters. The smallest absolute Gasteiger partial charge is 0.164 e. The fraction of sp³-hybridized carbons (Fsp3) is 0.304. The highest BCUT2D eigenvalue weighted by atomic mass is 35.5. The minimum atomic E-state index is 0. The summed E-state index contributed by atoms with van der Waals surface area (Å²) in [5, 5.41) is 4.49. The molecule has 0 fully saturated rings. The highest BCUT2D eigenvalue weighted by molar-refractivity contribution is 6.10. The minimum absolute atomic E-state index is 0. The number of nitrogens with one attached hydrogen (secondary N) is 2. The van der Waals surface area contributed by atoms with Crippen molar-refractivity contribution in [3.63, 3.8) is 0 Å². The molecule has 0 saturated carbocycles. The molecule has 2 aromatic heterocycles. The lowest BCUT2D eigenvalue weighted by molar-refractivity contribution is 0.283. The van der Waals surface area contributed by atoms with E-state index in [0.29, 0.717) is 37.1 Å². The zero-order chi connectivity index (χ0) is 21.1. The van der Waals surface area contributed by atoms with Crippen molar-refractivity contribution in [1.82, 2.24) is 15.0 Å². The Balaban J connectivity index is 0.00000272. The Bertz CT molecular complexity index is 1190. The van der Waals surface area contributed by atoms with Crippen LogP contribution in [0.1, 0.15) is 26.5 Å². The quantitative estimate of drug-likeness (QED) is 0.360. The number of aromatic amines is 1. The van der Waals surface area contributed by atoms with Crippen LogP contribution >= 0.6 is 12.4 Å². The van der Waals surface area contributed by atoms with E-state index in [1.165, 1.54) is 0 Å². The molecule has 31 heavy (non-hydrogen) atoms. The second kappa shape index (κ2) is 9.75. The normalized spacial score (nSPS) is 10.7. The molecule has 164 valence electrons. The average molecular weight is 443 g/mol. The highest BCUT2D eigenvalue weighted by Gasteiger charge is 2.16. The van der Waals surface area contributed by atoms with Gasteiger partial charge in [-0.05, 0) is 45.9 Å². The van der Waals surface area contributed by atoms with Gasteiger partial charge in [0.25, 0.3) is 0 Å². The van der Waals surface area contributed by atoms with E-state index in [1.807, 2.05) is 58.0 Å². The zero-order valence-electron chi connectivity index (χ0n) is 18.1. The summed E-state index contributed by atoms with van der Waals surface area (Å²) in [6.07, 6.45) is 1.70. The largest absolute Gasteiger partial charge is 0.492 e. The maximum absolute atomic E-state index is 5.91. The number of hydrogen-bond donors (Lipinski definition) is 2. The molecular formula is C23H27ClN4O3. The van der Waals surface area contributed by atoms with Crippen LogP contribution in [0.25, 0.3) is 21.9 Å². The van der Waals surface area contributed by atoms with E-state index in [0.717, 1.165) is 39.0 Å². The van der Waals surface area contributed by atoms with E-state index < -0.39 is 0 Å². The number of imidazole rings is 1. The van der Waals surface area contributed by atoms with E-state index in [2.05, 4.69) is 20.3 Å². The molecule has 4 aromatic rings. The van der Waals surface area contributed by atoms with E-state index in [1.54, 1.807) is 6.33 Å². The molecule has 0 aliphatic carbocycles. The summed E-state index contributed by atoms with van der Waals surface area (Å²) in [6.45, 7) is 9.46. The molecule has 2 heterocycles. The number of halogens is 1. The Morgan fingerprint density at radius 2 is 1.55 bits per heavy atom. The van der Waals surface area contributed by atoms with Crippen molar-refractivity contribution >= 4 is 45.7 Å². The molecule has 0 amide bonds. The van der Waals surface area contributed by atoms with E-state index in [9.17, 15) is 0 Å². The van der Waals surface area contributed by atoms with Crippen LogP contribution in [0.5, 0.6) is 17.2 Å². The number of aryl methyl sites for hydroxylation is 1. The fourth-order valence-electron chi connectivity index (χ4n) is 3.55. The van der Waals surface area contributed by atoms with Crippen LogP contribution in [-0.4, -0.2) is 34.8 Å². The number of aromatic nitrogens is 3. The number of benzene rings is 2. The zero-order valence-corrected chi connectivity index (χ0v) is 18.9. The molecule has 0 aliphatic rings. The molecule has 7 nitrogen and oxygen atoms in total. The second-order valence-corrected chi connectivity index (χ2v) is 6.79. The minimum Gasteiger partial charge on any atom is -0.492 e. The van der Waals surface area contributed by atoms with Crippen LogP contribution in [0.4, 0.5) is 11.4 Å². The molecule has 0 spiro atoms. The van der Waals surface area contributed by atoms with Gasteiger partial charge in [-0.1, -0.05) is 0 Å². The van der Waals surface area contributed by atoms with Gasteiger partial charge < -0.3 is 24.5 Å². The standard InChI is InChI=1S/C23H26N4O3.ClH/c1-5-28-19-12-21(30-7-3)20(29-6-2)11-17(19)27-18-10-14(4)26-15-8-9-16-23(22(15)18)25-13-24-16;/h8-13H,5-7H2,1-4H3,(H,24,25)(H,26,27);1H. The SMILES string of the molecule is CCOc1cc(OCC)c(OCC)cc1Nc1cc(C)nc2ccc3[nH]cnc3c12.Cl. The summed E-state index contributed by atoms with van der Waals surface area (Å²) in [5.41, 5.74) is 5.32. The van der Waals surface area contributed by atoms with Gasteiger partial charge in [-0.15, -0.1) is 12.4 Å². The Morgan fingerprint density at radius 3 is 2.26 bits per heavy atom. The van der Waals surface area contributed by atoms with Gasteiger partial charge >= 0.3 is 0 Å². The lowest BCUT2D eigenvalue weighted by Gasteiger charge is -2.18. The van der Waals surface area contributed by atoms with E-state index in [-0.39, 0.29) is 12.4 Å². The summed E-state index contributed by atoms with van der Waals surface area (Å²) in [5.74, 6) is 2.03. The lowest BCUT2D eigenvalue weighted by atomic mass is 10.1. The summed E-state index contributed by atoms with van der Waals surface area (Å²) in [7, 11) is 0. The van der Waals surface area contributed by atoms with Gasteiger partial charge in [0.2, 0.25) is 0 Å². The van der Waals surface area contributed by atoms with Crippen molar-refractivity contribution in [3.8, 4) is 17.2 Å². The van der Waals surface area contributed by atoms with Gasteiger partial charge in [-0.3, -0.25) is 4.98 Å². The van der Waals surface area contributed by atoms with Gasteiger partial charge in [-0.2, -0.15) is 0 Å². The third kappa shape index (κ3) is 4.46. The maximum atomic E-state index is 5.91. The second-order valence-electron chi connectivity index (χ2n) is 6.79. The van der Waals surface area contributed by atoms with Crippen molar-refractivity contribution in [3.05, 3.63) is 42.4 Å². The number of anilines is 2.